The first-order chi connectivity index (χ1) is 6.71. The van der Waals surface area contributed by atoms with Crippen LogP contribution in [0.1, 0.15) is 26.7 Å². The van der Waals surface area contributed by atoms with E-state index in [1.54, 1.807) is 0 Å². The first kappa shape index (κ1) is 19.1. The molecule has 0 aromatic carbocycles. The Morgan fingerprint density at radius 1 is 1.29 bits per heavy atom. The van der Waals surface area contributed by atoms with Gasteiger partial charge in [-0.1, -0.05) is 13.8 Å². The summed E-state index contributed by atoms with van der Waals surface area (Å²) in [7, 11) is 1.00. The number of aliphatic hydroxyl groups is 1. The molecular formula is C9H21F2NO2. The highest BCUT2D eigenvalue weighted by Crippen LogP contribution is 2.21. The third-order valence-corrected chi connectivity index (χ3v) is 1.28. The number of piperidine rings is 1. The zero-order valence-corrected chi connectivity index (χ0v) is 9.15. The fourth-order valence-electron chi connectivity index (χ4n) is 0.832. The molecule has 0 aliphatic carbocycles. The van der Waals surface area contributed by atoms with Crippen LogP contribution in [0.3, 0.4) is 0 Å². The molecule has 5 heteroatoms. The standard InChI is InChI=1S/C5H9F2N.C2H6.CH4O.CH2O/c6-5(7)2-1-3-8-4-5;3*1-2/h8H,1-4H2;1-2H3;2H,1H3;1H2. The maximum absolute atomic E-state index is 12.1. The third-order valence-electron chi connectivity index (χ3n) is 1.28. The Kier molecular flexibility index (Phi) is 20.4. The second-order valence-corrected chi connectivity index (χ2v) is 2.14. The Labute approximate surface area is 84.5 Å². The van der Waals surface area contributed by atoms with Crippen LogP contribution in [0.5, 0.6) is 0 Å². The lowest BCUT2D eigenvalue weighted by Gasteiger charge is -2.21. The average Bonchev–Trinajstić information content (AvgIpc) is 2.26. The van der Waals surface area contributed by atoms with Gasteiger partial charge in [-0.25, -0.2) is 8.78 Å². The minimum atomic E-state index is -2.43. The van der Waals surface area contributed by atoms with Crippen LogP contribution in [0.25, 0.3) is 0 Å². The van der Waals surface area contributed by atoms with Crippen molar-refractivity contribution in [1.82, 2.24) is 5.32 Å². The number of aliphatic hydroxyl groups excluding tert-OH is 1. The molecule has 1 aliphatic heterocycles. The molecule has 0 aromatic heterocycles. The summed E-state index contributed by atoms with van der Waals surface area (Å²) in [5, 5.41) is 9.62. The van der Waals surface area contributed by atoms with E-state index in [9.17, 15) is 8.78 Å². The van der Waals surface area contributed by atoms with Crippen LogP contribution in [0.2, 0.25) is 0 Å². The van der Waals surface area contributed by atoms with Gasteiger partial charge in [-0.3, -0.25) is 0 Å². The Bertz CT molecular complexity index is 94.8. The van der Waals surface area contributed by atoms with E-state index in [0.717, 1.165) is 13.7 Å². The quantitative estimate of drug-likeness (QED) is 0.640. The molecule has 14 heavy (non-hydrogen) atoms. The number of alkyl halides is 2. The summed E-state index contributed by atoms with van der Waals surface area (Å²) in [6.45, 7) is 6.61. The number of nitrogens with one attached hydrogen (secondary N) is 1. The molecule has 0 radical (unpaired) electrons. The van der Waals surface area contributed by atoms with E-state index in [-0.39, 0.29) is 13.0 Å². The number of carbonyl (C=O) groups excluding carboxylic acids is 1. The van der Waals surface area contributed by atoms with E-state index in [1.807, 2.05) is 20.6 Å². The first-order valence-electron chi connectivity index (χ1n) is 4.53. The summed E-state index contributed by atoms with van der Waals surface area (Å²) < 4.78 is 24.3. The Morgan fingerprint density at radius 3 is 1.86 bits per heavy atom. The van der Waals surface area contributed by atoms with Crippen molar-refractivity contribution in [3.05, 3.63) is 0 Å². The van der Waals surface area contributed by atoms with Gasteiger partial charge in [-0.15, -0.1) is 0 Å². The van der Waals surface area contributed by atoms with Crippen molar-refractivity contribution in [2.45, 2.75) is 32.6 Å². The van der Waals surface area contributed by atoms with Crippen LogP contribution in [0, 0.1) is 0 Å². The van der Waals surface area contributed by atoms with Crippen molar-refractivity contribution in [1.29, 1.82) is 0 Å². The van der Waals surface area contributed by atoms with Crippen molar-refractivity contribution in [3.8, 4) is 0 Å². The molecule has 1 heterocycles. The average molecular weight is 213 g/mol. The van der Waals surface area contributed by atoms with Gasteiger partial charge in [0.25, 0.3) is 5.92 Å². The van der Waals surface area contributed by atoms with Crippen molar-refractivity contribution in [2.24, 2.45) is 0 Å². The highest BCUT2D eigenvalue weighted by molar-refractivity contribution is 5.10. The Balaban J connectivity index is -0.000000174. The lowest BCUT2D eigenvalue weighted by Crippen LogP contribution is -2.38. The number of hydrogen-bond acceptors (Lipinski definition) is 3. The summed E-state index contributed by atoms with van der Waals surface area (Å²) in [5.41, 5.74) is 0. The lowest BCUT2D eigenvalue weighted by atomic mass is 10.1. The fourth-order valence-corrected chi connectivity index (χ4v) is 0.832. The Hall–Kier alpha value is -0.550. The molecule has 0 saturated carbocycles. The number of rotatable bonds is 0. The molecule has 1 fully saturated rings. The maximum Gasteiger partial charge on any atom is 0.260 e. The van der Waals surface area contributed by atoms with Gasteiger partial charge in [-0.2, -0.15) is 0 Å². The molecule has 0 amide bonds. The molecule has 88 valence electrons. The summed E-state index contributed by atoms with van der Waals surface area (Å²) in [5.74, 6) is -2.43. The topological polar surface area (TPSA) is 49.3 Å². The summed E-state index contributed by atoms with van der Waals surface area (Å²) in [4.78, 5) is 8.00. The largest absolute Gasteiger partial charge is 0.400 e. The zero-order valence-electron chi connectivity index (χ0n) is 9.15. The molecule has 2 N–H and O–H groups in total. The summed E-state index contributed by atoms with van der Waals surface area (Å²) in [6.07, 6.45) is 0.660. The predicted octanol–water partition coefficient (Wildman–Crippen LogP) is 1.45. The predicted molar refractivity (Wildman–Crippen MR) is 53.7 cm³/mol. The smallest absolute Gasteiger partial charge is 0.260 e. The lowest BCUT2D eigenvalue weighted by molar-refractivity contribution is -0.0980. The van der Waals surface area contributed by atoms with Gasteiger partial charge in [-0.05, 0) is 13.0 Å². The van der Waals surface area contributed by atoms with Crippen LogP contribution < -0.4 is 5.32 Å². The van der Waals surface area contributed by atoms with Crippen LogP contribution >= 0.6 is 0 Å². The van der Waals surface area contributed by atoms with Crippen LogP contribution in [-0.4, -0.2) is 38.0 Å². The van der Waals surface area contributed by atoms with Crippen molar-refractivity contribution < 1.29 is 18.7 Å². The monoisotopic (exact) mass is 213 g/mol. The number of hydrogen-bond donors (Lipinski definition) is 2. The van der Waals surface area contributed by atoms with Crippen LogP contribution in [-0.2, 0) is 4.79 Å². The van der Waals surface area contributed by atoms with Crippen LogP contribution in [0.15, 0.2) is 0 Å². The van der Waals surface area contributed by atoms with Crippen molar-refractivity contribution in [3.63, 3.8) is 0 Å². The van der Waals surface area contributed by atoms with E-state index in [1.165, 1.54) is 0 Å². The molecule has 0 bridgehead atoms. The third kappa shape index (κ3) is 14.0. The molecule has 1 aliphatic rings. The molecule has 0 atom stereocenters. The Morgan fingerprint density at radius 2 is 1.71 bits per heavy atom. The summed E-state index contributed by atoms with van der Waals surface area (Å²) in [6, 6.07) is 0. The fraction of sp³-hybridized carbons (Fsp3) is 0.889. The van der Waals surface area contributed by atoms with E-state index < -0.39 is 5.92 Å². The number of halogens is 2. The zero-order chi connectivity index (χ0) is 12.0. The molecule has 1 saturated heterocycles. The highest BCUT2D eigenvalue weighted by Gasteiger charge is 2.30. The number of carbonyl (C=O) groups is 1. The van der Waals surface area contributed by atoms with Gasteiger partial charge in [0.1, 0.15) is 6.79 Å². The second kappa shape index (κ2) is 14.9. The van der Waals surface area contributed by atoms with Gasteiger partial charge in [0.2, 0.25) is 0 Å². The molecular weight excluding hydrogens is 192 g/mol. The molecule has 0 spiro atoms. The van der Waals surface area contributed by atoms with Gasteiger partial charge in [0.15, 0.2) is 0 Å². The van der Waals surface area contributed by atoms with Gasteiger partial charge < -0.3 is 15.2 Å². The minimum absolute atomic E-state index is 0.0556. The normalized spacial score (nSPS) is 17.0. The van der Waals surface area contributed by atoms with Crippen molar-refractivity contribution >= 4 is 6.79 Å². The summed E-state index contributed by atoms with van der Waals surface area (Å²) >= 11 is 0. The van der Waals surface area contributed by atoms with Crippen LogP contribution in [0.4, 0.5) is 8.78 Å². The van der Waals surface area contributed by atoms with E-state index in [0.29, 0.717) is 6.42 Å². The highest BCUT2D eigenvalue weighted by atomic mass is 19.3. The first-order valence-corrected chi connectivity index (χ1v) is 4.53. The van der Waals surface area contributed by atoms with E-state index in [2.05, 4.69) is 5.32 Å². The second-order valence-electron chi connectivity index (χ2n) is 2.14. The molecule has 1 rings (SSSR count). The maximum atomic E-state index is 12.1. The van der Waals surface area contributed by atoms with Gasteiger partial charge in [0.05, 0.1) is 6.54 Å². The SMILES string of the molecule is C=O.CC.CO.FC1(F)CCCNC1. The molecule has 0 unspecified atom stereocenters. The minimum Gasteiger partial charge on any atom is -0.400 e. The van der Waals surface area contributed by atoms with Crippen molar-refractivity contribution in [2.75, 3.05) is 20.2 Å². The van der Waals surface area contributed by atoms with Gasteiger partial charge >= 0.3 is 0 Å². The molecule has 0 aromatic rings. The van der Waals surface area contributed by atoms with Gasteiger partial charge in [0, 0.05) is 13.5 Å². The van der Waals surface area contributed by atoms with E-state index in [4.69, 9.17) is 9.90 Å². The molecule has 3 nitrogen and oxygen atoms in total. The van der Waals surface area contributed by atoms with E-state index >= 15 is 0 Å².